The molecule has 0 fully saturated rings. The van der Waals surface area contributed by atoms with Crippen LogP contribution < -0.4 is 21.8 Å². The summed E-state index contributed by atoms with van der Waals surface area (Å²) in [7, 11) is 1.26. The van der Waals surface area contributed by atoms with Crippen LogP contribution in [-0.4, -0.2) is 43.8 Å². The Morgan fingerprint density at radius 3 is 2.82 bits per heavy atom. The van der Waals surface area contributed by atoms with Crippen LogP contribution in [0.2, 0.25) is 0 Å². The maximum Gasteiger partial charge on any atom is 0.328 e. The van der Waals surface area contributed by atoms with Gasteiger partial charge in [0.25, 0.3) is 5.91 Å². The average molecular weight is 403 g/mol. The van der Waals surface area contributed by atoms with E-state index in [1.807, 2.05) is 16.8 Å². The molecular weight excluding hydrogens is 382 g/mol. The maximum atomic E-state index is 12.2. The minimum Gasteiger partial charge on any atom is -0.467 e. The fourth-order valence-corrected chi connectivity index (χ4v) is 3.03. The number of nitrogens with two attached hydrogens (primary N) is 1. The zero-order valence-corrected chi connectivity index (χ0v) is 16.0. The highest BCUT2D eigenvalue weighted by Gasteiger charge is 2.22. The van der Waals surface area contributed by atoms with Gasteiger partial charge in [-0.25, -0.2) is 4.79 Å². The number of amides is 2. The second-order valence-electron chi connectivity index (χ2n) is 5.66. The lowest BCUT2D eigenvalue weighted by atomic mass is 10.1. The summed E-state index contributed by atoms with van der Waals surface area (Å²) in [4.78, 5) is 36.3. The van der Waals surface area contributed by atoms with E-state index in [1.165, 1.54) is 24.8 Å². The molecular formula is C18H21N5O4S. The lowest BCUT2D eigenvalue weighted by Crippen LogP contribution is -2.47. The largest absolute Gasteiger partial charge is 0.467 e. The first-order chi connectivity index (χ1) is 13.5. The van der Waals surface area contributed by atoms with E-state index in [9.17, 15) is 14.4 Å². The van der Waals surface area contributed by atoms with Crippen molar-refractivity contribution in [3.63, 3.8) is 0 Å². The molecule has 2 aromatic rings. The predicted molar refractivity (Wildman–Crippen MR) is 107 cm³/mol. The first-order valence-corrected chi connectivity index (χ1v) is 9.22. The maximum absolute atomic E-state index is 12.2. The van der Waals surface area contributed by atoms with Crippen molar-refractivity contribution in [2.45, 2.75) is 12.5 Å². The van der Waals surface area contributed by atoms with Gasteiger partial charge in [0.1, 0.15) is 12.4 Å². The molecule has 5 N–H and O–H groups in total. The Morgan fingerprint density at radius 1 is 1.32 bits per heavy atom. The van der Waals surface area contributed by atoms with E-state index in [4.69, 9.17) is 10.6 Å². The van der Waals surface area contributed by atoms with Gasteiger partial charge in [-0.3, -0.25) is 9.59 Å². The number of hydrogen-bond acceptors (Lipinski definition) is 7. The van der Waals surface area contributed by atoms with Gasteiger partial charge in [-0.2, -0.15) is 16.4 Å². The van der Waals surface area contributed by atoms with Gasteiger partial charge in [0.2, 0.25) is 5.91 Å². The number of nitrogens with zero attached hydrogens (tertiary/aromatic N) is 1. The van der Waals surface area contributed by atoms with E-state index in [0.29, 0.717) is 17.7 Å². The Hall–Kier alpha value is -3.40. The fourth-order valence-electron chi connectivity index (χ4n) is 2.35. The third kappa shape index (κ3) is 6.40. The molecule has 0 aliphatic carbocycles. The molecule has 1 heterocycles. The molecule has 0 radical (unpaired) electrons. The van der Waals surface area contributed by atoms with Crippen molar-refractivity contribution >= 4 is 41.1 Å². The quantitative estimate of drug-likeness (QED) is 0.160. The summed E-state index contributed by atoms with van der Waals surface area (Å²) in [5.74, 6) is 3.54. The minimum absolute atomic E-state index is 0.280. The van der Waals surface area contributed by atoms with Crippen molar-refractivity contribution in [2.75, 3.05) is 19.0 Å². The van der Waals surface area contributed by atoms with Crippen molar-refractivity contribution in [2.24, 2.45) is 10.9 Å². The molecule has 0 aliphatic rings. The van der Waals surface area contributed by atoms with Crippen molar-refractivity contribution < 1.29 is 19.1 Å². The highest BCUT2D eigenvalue weighted by atomic mass is 32.1. The SMILES string of the molecule is COC(=O)C(Cc1ccsc1)NC(=O)CNC(=O)c1cccc(NC=NN)c1. The second-order valence-corrected chi connectivity index (χ2v) is 6.45. The van der Waals surface area contributed by atoms with Gasteiger partial charge in [0.15, 0.2) is 0 Å². The molecule has 28 heavy (non-hydrogen) atoms. The highest BCUT2D eigenvalue weighted by Crippen LogP contribution is 2.10. The number of methoxy groups -OCH3 is 1. The van der Waals surface area contributed by atoms with Crippen LogP contribution >= 0.6 is 11.3 Å². The molecule has 148 valence electrons. The van der Waals surface area contributed by atoms with Crippen molar-refractivity contribution in [3.05, 3.63) is 52.2 Å². The molecule has 1 aromatic carbocycles. The van der Waals surface area contributed by atoms with E-state index in [1.54, 1.807) is 24.3 Å². The third-order valence-corrected chi connectivity index (χ3v) is 4.41. The molecule has 0 saturated carbocycles. The number of esters is 1. The second kappa shape index (κ2) is 10.7. The summed E-state index contributed by atoms with van der Waals surface area (Å²) < 4.78 is 4.74. The molecule has 2 amide bonds. The number of nitrogens with one attached hydrogen (secondary N) is 3. The molecule has 9 nitrogen and oxygen atoms in total. The van der Waals surface area contributed by atoms with Crippen molar-refractivity contribution in [1.82, 2.24) is 10.6 Å². The number of ether oxygens (including phenoxy) is 1. The molecule has 1 unspecified atom stereocenters. The summed E-state index contributed by atoms with van der Waals surface area (Å²) in [6.45, 7) is -0.280. The van der Waals surface area contributed by atoms with Crippen LogP contribution in [0.25, 0.3) is 0 Å². The number of hydrazone groups is 1. The lowest BCUT2D eigenvalue weighted by molar-refractivity contribution is -0.144. The summed E-state index contributed by atoms with van der Waals surface area (Å²) in [6, 6.07) is 7.64. The van der Waals surface area contributed by atoms with Crippen molar-refractivity contribution in [1.29, 1.82) is 0 Å². The number of anilines is 1. The third-order valence-electron chi connectivity index (χ3n) is 3.68. The number of carbonyl (C=O) groups excluding carboxylic acids is 3. The zero-order chi connectivity index (χ0) is 20.4. The summed E-state index contributed by atoms with van der Waals surface area (Å²) in [6.07, 6.45) is 1.59. The van der Waals surface area contributed by atoms with Crippen LogP contribution in [-0.2, 0) is 20.7 Å². The molecule has 1 atom stereocenters. The van der Waals surface area contributed by atoms with Crippen LogP contribution in [0.4, 0.5) is 5.69 Å². The average Bonchev–Trinajstić information content (AvgIpc) is 3.22. The molecule has 0 aliphatic heterocycles. The van der Waals surface area contributed by atoms with Crippen LogP contribution in [0.15, 0.2) is 46.2 Å². The molecule has 0 bridgehead atoms. The van der Waals surface area contributed by atoms with Gasteiger partial charge in [0, 0.05) is 17.7 Å². The predicted octanol–water partition coefficient (Wildman–Crippen LogP) is 0.692. The van der Waals surface area contributed by atoms with Crippen LogP contribution in [0.5, 0.6) is 0 Å². The van der Waals surface area contributed by atoms with E-state index in [0.717, 1.165) is 5.56 Å². The Kier molecular flexibility index (Phi) is 7.97. The van der Waals surface area contributed by atoms with E-state index < -0.39 is 23.8 Å². The van der Waals surface area contributed by atoms with Gasteiger partial charge < -0.3 is 26.5 Å². The highest BCUT2D eigenvalue weighted by molar-refractivity contribution is 7.07. The summed E-state index contributed by atoms with van der Waals surface area (Å²) in [5.41, 5.74) is 1.88. The van der Waals surface area contributed by atoms with Crippen LogP contribution in [0.3, 0.4) is 0 Å². The molecule has 0 saturated heterocycles. The van der Waals surface area contributed by atoms with Gasteiger partial charge in [0.05, 0.1) is 13.7 Å². The number of hydrogen-bond donors (Lipinski definition) is 4. The number of thiophene rings is 1. The Bertz CT molecular complexity index is 838. The lowest BCUT2D eigenvalue weighted by Gasteiger charge is -2.16. The first kappa shape index (κ1) is 20.9. The van der Waals surface area contributed by atoms with Crippen LogP contribution in [0.1, 0.15) is 15.9 Å². The number of benzene rings is 1. The molecule has 1 aromatic heterocycles. The summed E-state index contributed by atoms with van der Waals surface area (Å²) in [5, 5.41) is 15.0. The molecule has 0 spiro atoms. The first-order valence-electron chi connectivity index (χ1n) is 8.28. The van der Waals surface area contributed by atoms with Gasteiger partial charge in [-0.15, -0.1) is 0 Å². The van der Waals surface area contributed by atoms with E-state index in [-0.39, 0.29) is 6.54 Å². The number of carbonyl (C=O) groups is 3. The normalized spacial score (nSPS) is 11.6. The topological polar surface area (TPSA) is 135 Å². The van der Waals surface area contributed by atoms with E-state index in [2.05, 4.69) is 21.1 Å². The molecule has 2 rings (SSSR count). The summed E-state index contributed by atoms with van der Waals surface area (Å²) >= 11 is 1.50. The Balaban J connectivity index is 1.90. The Labute approximate surface area is 166 Å². The monoisotopic (exact) mass is 403 g/mol. The number of rotatable bonds is 9. The minimum atomic E-state index is -0.827. The standard InChI is InChI=1S/C18H21N5O4S/c1-27-18(26)15(7-12-5-6-28-10-12)23-16(24)9-20-17(25)13-3-2-4-14(8-13)21-11-22-19/h2-6,8,10-11,15H,7,9,19H2,1H3,(H,20,25)(H,21,22)(H,23,24). The van der Waals surface area contributed by atoms with E-state index >= 15 is 0 Å². The van der Waals surface area contributed by atoms with Gasteiger partial charge in [-0.1, -0.05) is 6.07 Å². The smallest absolute Gasteiger partial charge is 0.328 e. The van der Waals surface area contributed by atoms with Crippen LogP contribution in [0, 0.1) is 0 Å². The van der Waals surface area contributed by atoms with Gasteiger partial charge in [-0.05, 0) is 40.6 Å². The van der Waals surface area contributed by atoms with Crippen molar-refractivity contribution in [3.8, 4) is 0 Å². The zero-order valence-electron chi connectivity index (χ0n) is 15.2. The fraction of sp³-hybridized carbons (Fsp3) is 0.222. The van der Waals surface area contributed by atoms with Gasteiger partial charge >= 0.3 is 5.97 Å². The molecule has 10 heteroatoms. The Morgan fingerprint density at radius 2 is 2.14 bits per heavy atom.